The fraction of sp³-hybridized carbons (Fsp3) is 0.125. The largest absolute Gasteiger partial charge is 0.497 e. The molecule has 8 rings (SSSR count). The summed E-state index contributed by atoms with van der Waals surface area (Å²) < 4.78 is 19.4. The Kier molecular flexibility index (Phi) is 9.93. The van der Waals surface area contributed by atoms with Gasteiger partial charge in [0.25, 0.3) is 0 Å². The van der Waals surface area contributed by atoms with Gasteiger partial charge in [-0.1, -0.05) is 176 Å². The molecule has 0 aliphatic carbocycles. The van der Waals surface area contributed by atoms with Crippen LogP contribution in [-0.2, 0) is 15.7 Å². The maximum atomic E-state index is 8.03. The van der Waals surface area contributed by atoms with E-state index in [4.69, 9.17) is 14.0 Å². The molecule has 4 nitrogen and oxygen atoms in total. The first-order valence-electron chi connectivity index (χ1n) is 18.0. The van der Waals surface area contributed by atoms with Crippen molar-refractivity contribution in [2.45, 2.75) is 17.2 Å². The van der Waals surface area contributed by atoms with E-state index in [0.717, 1.165) is 39.8 Å². The molecule has 0 spiro atoms. The van der Waals surface area contributed by atoms with Crippen LogP contribution in [0.15, 0.2) is 200 Å². The van der Waals surface area contributed by atoms with Crippen LogP contribution in [0.2, 0.25) is 0 Å². The monoisotopic (exact) mass is 711 g/mol. The number of rotatable bonds is 13. The van der Waals surface area contributed by atoms with Crippen molar-refractivity contribution >= 4 is 18.8 Å². The van der Waals surface area contributed by atoms with Crippen molar-refractivity contribution in [3.8, 4) is 11.5 Å². The van der Waals surface area contributed by atoms with Crippen molar-refractivity contribution < 1.29 is 14.0 Å². The van der Waals surface area contributed by atoms with Gasteiger partial charge in [0, 0.05) is 17.2 Å². The second-order valence-electron chi connectivity index (χ2n) is 13.2. The summed E-state index contributed by atoms with van der Waals surface area (Å²) in [5, 5.41) is 2.29. The van der Waals surface area contributed by atoms with Gasteiger partial charge >= 0.3 is 0 Å². The molecule has 0 radical (unpaired) electrons. The minimum atomic E-state index is -1.31. The van der Waals surface area contributed by atoms with Crippen LogP contribution in [0.1, 0.15) is 27.8 Å². The summed E-state index contributed by atoms with van der Waals surface area (Å²) in [6.45, 7) is 0.767. The summed E-state index contributed by atoms with van der Waals surface area (Å²) in [4.78, 5) is 2.64. The fourth-order valence-electron chi connectivity index (χ4n) is 7.81. The number of methoxy groups -OCH3 is 2. The highest BCUT2D eigenvalue weighted by atomic mass is 31.1. The molecule has 2 atom stereocenters. The summed E-state index contributed by atoms with van der Waals surface area (Å²) in [5.41, 5.74) is 4.16. The third-order valence-electron chi connectivity index (χ3n) is 10.3. The molecule has 1 heterocycles. The fourth-order valence-corrected chi connectivity index (χ4v) is 9.83. The summed E-state index contributed by atoms with van der Waals surface area (Å²) in [6, 6.07) is 70.9. The van der Waals surface area contributed by atoms with Crippen molar-refractivity contribution in [3.63, 3.8) is 0 Å². The van der Waals surface area contributed by atoms with Gasteiger partial charge in [0.1, 0.15) is 17.1 Å². The molecular weight excluding hydrogens is 670 g/mol. The van der Waals surface area contributed by atoms with Gasteiger partial charge in [-0.25, -0.2) is 0 Å². The number of nitrogens with zero attached hydrogens (tertiary/aromatic N) is 1. The average Bonchev–Trinajstić information content (AvgIpc) is 4.05. The normalized spacial score (nSPS) is 15.5. The average molecular weight is 712 g/mol. The predicted octanol–water partition coefficient (Wildman–Crippen LogP) is 9.69. The van der Waals surface area contributed by atoms with Crippen molar-refractivity contribution in [1.29, 1.82) is 0 Å². The van der Waals surface area contributed by atoms with E-state index in [2.05, 4.69) is 205 Å². The third-order valence-corrected chi connectivity index (χ3v) is 12.3. The number of ether oxygens (including phenoxy) is 2. The zero-order valence-electron chi connectivity index (χ0n) is 30.0. The number of hydrogen-bond donors (Lipinski definition) is 0. The maximum Gasteiger partial charge on any atom is 0.140 e. The van der Waals surface area contributed by atoms with Gasteiger partial charge in [-0.15, -0.1) is 0 Å². The van der Waals surface area contributed by atoms with Gasteiger partial charge in [0.15, 0.2) is 0 Å². The van der Waals surface area contributed by atoms with Crippen LogP contribution < -0.4 is 20.1 Å². The molecule has 0 bridgehead atoms. The van der Waals surface area contributed by atoms with Crippen LogP contribution in [0.4, 0.5) is 0 Å². The Morgan fingerprint density at radius 1 is 0.434 bits per heavy atom. The second kappa shape index (κ2) is 15.2. The molecular formula is C48H42NO3P. The Balaban J connectivity index is 1.41. The lowest BCUT2D eigenvalue weighted by Crippen LogP contribution is -2.45. The molecule has 262 valence electrons. The van der Waals surface area contributed by atoms with E-state index in [1.807, 2.05) is 0 Å². The molecule has 1 aliphatic heterocycles. The van der Waals surface area contributed by atoms with Gasteiger partial charge in [-0.3, -0.25) is 4.90 Å². The Labute approximate surface area is 314 Å². The van der Waals surface area contributed by atoms with Crippen molar-refractivity contribution in [2.75, 3.05) is 20.8 Å². The molecule has 0 aromatic heterocycles. The van der Waals surface area contributed by atoms with Gasteiger partial charge in [0.2, 0.25) is 0 Å². The third kappa shape index (κ3) is 6.44. The highest BCUT2D eigenvalue weighted by Gasteiger charge is 2.63. The molecule has 1 saturated heterocycles. The summed E-state index contributed by atoms with van der Waals surface area (Å²) >= 11 is 0. The Morgan fingerprint density at radius 2 is 0.774 bits per heavy atom. The van der Waals surface area contributed by atoms with E-state index < -0.39 is 19.3 Å². The maximum absolute atomic E-state index is 8.03. The van der Waals surface area contributed by atoms with Crippen LogP contribution in [-0.4, -0.2) is 31.7 Å². The lowest BCUT2D eigenvalue weighted by Gasteiger charge is -2.43. The number of benzene rings is 7. The van der Waals surface area contributed by atoms with Crippen molar-refractivity contribution in [1.82, 2.24) is 4.90 Å². The van der Waals surface area contributed by atoms with Gasteiger partial charge in [-0.05, 0) is 52.1 Å². The van der Waals surface area contributed by atoms with Gasteiger partial charge < -0.3 is 14.0 Å². The van der Waals surface area contributed by atoms with Gasteiger partial charge in [-0.2, -0.15) is 0 Å². The van der Waals surface area contributed by atoms with Crippen LogP contribution >= 0.6 is 8.15 Å². The zero-order valence-corrected chi connectivity index (χ0v) is 30.9. The molecule has 0 saturated carbocycles. The van der Waals surface area contributed by atoms with E-state index in [1.54, 1.807) is 14.2 Å². The molecule has 0 N–H and O–H groups in total. The quantitative estimate of drug-likeness (QED) is 0.0678. The molecule has 1 aliphatic rings. The first-order valence-corrected chi connectivity index (χ1v) is 19.3. The van der Waals surface area contributed by atoms with Crippen LogP contribution in [0.25, 0.3) is 0 Å². The van der Waals surface area contributed by atoms with E-state index in [0.29, 0.717) is 0 Å². The van der Waals surface area contributed by atoms with Gasteiger partial charge in [0.05, 0.1) is 33.9 Å². The van der Waals surface area contributed by atoms with Crippen molar-refractivity contribution in [2.24, 2.45) is 0 Å². The Morgan fingerprint density at radius 3 is 1.11 bits per heavy atom. The smallest absolute Gasteiger partial charge is 0.140 e. The molecule has 7 aromatic rings. The molecule has 7 aromatic carbocycles. The summed E-state index contributed by atoms with van der Waals surface area (Å²) in [5.74, 6) is 1.59. The standard InChI is InChI=1S/C48H42NO3P/c1-50-42-32-28-40(29-33-42)48(41-30-34-43(51-2)35-31-41,52-53(44-24-14-6-15-25-44)45-26-16-7-17-27-45)46-36-49(46)47(37-18-8-3-9-19-37,38-20-10-4-11-21-38)39-22-12-5-13-23-39/h3-35,46H,36H2,1-2H3. The minimum Gasteiger partial charge on any atom is -0.497 e. The van der Waals surface area contributed by atoms with E-state index >= 15 is 0 Å². The summed E-state index contributed by atoms with van der Waals surface area (Å²) in [7, 11) is 2.11. The molecule has 53 heavy (non-hydrogen) atoms. The Hall–Kier alpha value is -5.51. The zero-order chi connectivity index (χ0) is 36.1. The second-order valence-corrected chi connectivity index (χ2v) is 15.0. The lowest BCUT2D eigenvalue weighted by molar-refractivity contribution is 0.0997. The topological polar surface area (TPSA) is 30.7 Å². The summed E-state index contributed by atoms with van der Waals surface area (Å²) in [6.07, 6.45) is 0. The molecule has 1 fully saturated rings. The SMILES string of the molecule is COc1ccc(C(OP(c2ccccc2)c2ccccc2)(c2ccc(OC)cc2)C2CN2C(c2ccccc2)(c2ccccc2)c2ccccc2)cc1. The lowest BCUT2D eigenvalue weighted by atomic mass is 9.76. The molecule has 2 unspecified atom stereocenters. The van der Waals surface area contributed by atoms with E-state index in [9.17, 15) is 0 Å². The molecule has 5 heteroatoms. The first-order chi connectivity index (χ1) is 26.2. The van der Waals surface area contributed by atoms with Crippen LogP contribution in [0.3, 0.4) is 0 Å². The van der Waals surface area contributed by atoms with E-state index in [1.165, 1.54) is 16.7 Å². The Bertz CT molecular complexity index is 2020. The highest BCUT2D eigenvalue weighted by molar-refractivity contribution is 7.68. The van der Waals surface area contributed by atoms with Crippen LogP contribution in [0.5, 0.6) is 11.5 Å². The first kappa shape index (κ1) is 34.6. The van der Waals surface area contributed by atoms with Crippen molar-refractivity contribution in [3.05, 3.63) is 228 Å². The van der Waals surface area contributed by atoms with Crippen LogP contribution in [0, 0.1) is 0 Å². The highest BCUT2D eigenvalue weighted by Crippen LogP contribution is 2.59. The number of hydrogen-bond acceptors (Lipinski definition) is 4. The molecule has 0 amide bonds. The minimum absolute atomic E-state index is 0.0951. The predicted molar refractivity (Wildman–Crippen MR) is 217 cm³/mol. The van der Waals surface area contributed by atoms with E-state index in [-0.39, 0.29) is 6.04 Å².